The van der Waals surface area contributed by atoms with Crippen LogP contribution in [0.5, 0.6) is 0 Å². The number of nitrogens with one attached hydrogen (secondary N) is 1. The highest BCUT2D eigenvalue weighted by Gasteiger charge is 2.19. The summed E-state index contributed by atoms with van der Waals surface area (Å²) in [5.41, 5.74) is 0.847. The predicted octanol–water partition coefficient (Wildman–Crippen LogP) is 3.89. The van der Waals surface area contributed by atoms with Gasteiger partial charge in [-0.3, -0.25) is 0 Å². The number of halogens is 2. The van der Waals surface area contributed by atoms with Crippen molar-refractivity contribution >= 4 is 46.0 Å². The Morgan fingerprint density at radius 3 is 2.27 bits per heavy atom. The second-order valence-electron chi connectivity index (χ2n) is 5.40. The number of anilines is 1. The average molecular weight is 385 g/mol. The van der Waals surface area contributed by atoms with Crippen molar-refractivity contribution < 1.29 is 14.1 Å². The lowest BCUT2D eigenvalue weighted by molar-refractivity contribution is -0.577. The minimum Gasteiger partial charge on any atom is -0.867 e. The third-order valence-corrected chi connectivity index (χ3v) is 4.18. The summed E-state index contributed by atoms with van der Waals surface area (Å²) in [6.07, 6.45) is 3.41. The van der Waals surface area contributed by atoms with Gasteiger partial charge in [0.25, 0.3) is 0 Å². The van der Waals surface area contributed by atoms with Crippen LogP contribution < -0.4 is 15.0 Å². The highest BCUT2D eigenvalue weighted by Crippen LogP contribution is 2.20. The molecule has 0 atom stereocenters. The molecule has 6 heteroatoms. The SMILES string of the molecule is [O-]C(=C(C(=S)Nc1ccccc1F)[n+]1ccccc1)c1ccc(Cl)cc1. The van der Waals surface area contributed by atoms with E-state index in [1.54, 1.807) is 71.6 Å². The van der Waals surface area contributed by atoms with Crippen molar-refractivity contribution in [2.75, 3.05) is 5.32 Å². The predicted molar refractivity (Wildman–Crippen MR) is 104 cm³/mol. The second kappa shape index (κ2) is 8.08. The number of hydrogen-bond donors (Lipinski definition) is 1. The molecule has 0 aliphatic carbocycles. The molecule has 0 fully saturated rings. The van der Waals surface area contributed by atoms with E-state index >= 15 is 0 Å². The monoisotopic (exact) mass is 384 g/mol. The molecule has 3 aromatic rings. The largest absolute Gasteiger partial charge is 0.867 e. The van der Waals surface area contributed by atoms with E-state index in [2.05, 4.69) is 5.32 Å². The molecule has 0 saturated heterocycles. The molecule has 0 amide bonds. The Morgan fingerprint density at radius 2 is 1.62 bits per heavy atom. The second-order valence-corrected chi connectivity index (χ2v) is 6.25. The Balaban J connectivity index is 2.06. The molecule has 0 spiro atoms. The Bertz CT molecular complexity index is 959. The lowest BCUT2D eigenvalue weighted by Gasteiger charge is -2.17. The van der Waals surface area contributed by atoms with Crippen molar-refractivity contribution in [3.63, 3.8) is 0 Å². The van der Waals surface area contributed by atoms with Gasteiger partial charge in [0.05, 0.1) is 5.69 Å². The number of pyridine rings is 1. The van der Waals surface area contributed by atoms with E-state index in [-0.39, 0.29) is 22.1 Å². The van der Waals surface area contributed by atoms with Crippen LogP contribution in [0.2, 0.25) is 5.02 Å². The van der Waals surface area contributed by atoms with Crippen LogP contribution in [-0.2, 0) is 0 Å². The normalized spacial score (nSPS) is 11.6. The number of hydrogen-bond acceptors (Lipinski definition) is 2. The van der Waals surface area contributed by atoms with Crippen molar-refractivity contribution in [1.29, 1.82) is 0 Å². The summed E-state index contributed by atoms with van der Waals surface area (Å²) >= 11 is 11.3. The number of aromatic nitrogens is 1. The molecule has 0 aliphatic heterocycles. The fourth-order valence-corrected chi connectivity index (χ4v) is 2.80. The molecule has 0 aliphatic rings. The molecule has 0 bridgehead atoms. The number of rotatable bonds is 4. The topological polar surface area (TPSA) is 39.0 Å². The third-order valence-electron chi connectivity index (χ3n) is 3.63. The Morgan fingerprint density at radius 1 is 0.962 bits per heavy atom. The van der Waals surface area contributed by atoms with Crippen molar-refractivity contribution in [3.05, 3.63) is 95.5 Å². The fourth-order valence-electron chi connectivity index (χ4n) is 2.37. The first-order valence-electron chi connectivity index (χ1n) is 7.76. The molecule has 1 N–H and O–H groups in total. The van der Waals surface area contributed by atoms with Crippen molar-refractivity contribution in [2.45, 2.75) is 0 Å². The van der Waals surface area contributed by atoms with Gasteiger partial charge in [-0.1, -0.05) is 54.2 Å². The average Bonchev–Trinajstić information content (AvgIpc) is 2.65. The van der Waals surface area contributed by atoms with E-state index in [0.29, 0.717) is 10.6 Å². The van der Waals surface area contributed by atoms with Gasteiger partial charge in [-0.25, -0.2) is 4.39 Å². The maximum absolute atomic E-state index is 13.9. The van der Waals surface area contributed by atoms with E-state index in [1.807, 2.05) is 6.07 Å². The molecule has 3 nitrogen and oxygen atoms in total. The van der Waals surface area contributed by atoms with Gasteiger partial charge in [-0.15, -0.1) is 0 Å². The van der Waals surface area contributed by atoms with Crippen LogP contribution in [0.4, 0.5) is 10.1 Å². The summed E-state index contributed by atoms with van der Waals surface area (Å²) in [7, 11) is 0. The molecule has 2 aromatic carbocycles. The van der Waals surface area contributed by atoms with E-state index in [9.17, 15) is 9.50 Å². The van der Waals surface area contributed by atoms with Gasteiger partial charge >= 0.3 is 0 Å². The van der Waals surface area contributed by atoms with Crippen LogP contribution in [0.3, 0.4) is 0 Å². The molecule has 130 valence electrons. The summed E-state index contributed by atoms with van der Waals surface area (Å²) in [6, 6.07) is 18.0. The molecule has 0 unspecified atom stereocenters. The Labute approximate surface area is 161 Å². The molecule has 1 aromatic heterocycles. The zero-order valence-electron chi connectivity index (χ0n) is 13.5. The van der Waals surface area contributed by atoms with E-state index in [1.165, 1.54) is 6.07 Å². The summed E-state index contributed by atoms with van der Waals surface area (Å²) in [5, 5.41) is 16.4. The number of thiocarbonyl (C=S) groups is 1. The van der Waals surface area contributed by atoms with E-state index in [0.717, 1.165) is 0 Å². The third kappa shape index (κ3) is 4.07. The van der Waals surface area contributed by atoms with Gasteiger partial charge in [0.1, 0.15) is 5.82 Å². The maximum Gasteiger partial charge on any atom is 0.238 e. The molecular formula is C20H14ClFN2OS. The molecule has 0 radical (unpaired) electrons. The number of benzene rings is 2. The molecule has 0 saturated carbocycles. The summed E-state index contributed by atoms with van der Waals surface area (Å²) in [4.78, 5) is 0.117. The van der Waals surface area contributed by atoms with Crippen LogP contribution in [0.15, 0.2) is 79.1 Å². The first-order valence-corrected chi connectivity index (χ1v) is 8.54. The zero-order valence-corrected chi connectivity index (χ0v) is 15.1. The van der Waals surface area contributed by atoms with Crippen molar-refractivity contribution in [2.24, 2.45) is 0 Å². The maximum atomic E-state index is 13.9. The molecule has 3 rings (SSSR count). The molecule has 26 heavy (non-hydrogen) atoms. The Hall–Kier alpha value is -2.76. The highest BCUT2D eigenvalue weighted by molar-refractivity contribution is 7.81. The van der Waals surface area contributed by atoms with Crippen LogP contribution in [0.25, 0.3) is 11.5 Å². The minimum absolute atomic E-state index is 0.117. The van der Waals surface area contributed by atoms with Crippen LogP contribution >= 0.6 is 23.8 Å². The summed E-state index contributed by atoms with van der Waals surface area (Å²) < 4.78 is 15.6. The first kappa shape index (κ1) is 18.0. The van der Waals surface area contributed by atoms with Gasteiger partial charge in [-0.05, 0) is 35.6 Å². The molecule has 1 heterocycles. The quantitative estimate of drug-likeness (QED) is 0.321. The van der Waals surface area contributed by atoms with E-state index in [4.69, 9.17) is 23.8 Å². The standard InChI is InChI=1S/C20H14ClFN2OS/c21-15-10-8-14(9-11-15)19(25)18(24-12-4-1-5-13-24)20(26)23-17-7-3-2-6-16(17)22/h1-13H,(H-,23,25,26). The van der Waals surface area contributed by atoms with Crippen LogP contribution in [0, 0.1) is 5.82 Å². The van der Waals surface area contributed by atoms with Gasteiger partial charge in [0, 0.05) is 17.2 Å². The highest BCUT2D eigenvalue weighted by atomic mass is 35.5. The van der Waals surface area contributed by atoms with Gasteiger partial charge in [0.15, 0.2) is 17.4 Å². The lowest BCUT2D eigenvalue weighted by atomic mass is 10.1. The lowest BCUT2D eigenvalue weighted by Crippen LogP contribution is -2.39. The number of nitrogens with zero attached hydrogens (tertiary/aromatic N) is 1. The van der Waals surface area contributed by atoms with Gasteiger partial charge in [-0.2, -0.15) is 4.57 Å². The van der Waals surface area contributed by atoms with Gasteiger partial charge < -0.3 is 10.4 Å². The summed E-state index contributed by atoms with van der Waals surface area (Å²) in [5.74, 6) is -0.752. The van der Waals surface area contributed by atoms with Crippen LogP contribution in [0.1, 0.15) is 5.56 Å². The van der Waals surface area contributed by atoms with E-state index < -0.39 is 5.82 Å². The van der Waals surface area contributed by atoms with Gasteiger partial charge in [0.2, 0.25) is 5.70 Å². The van der Waals surface area contributed by atoms with Crippen molar-refractivity contribution in [3.8, 4) is 0 Å². The molecular weight excluding hydrogens is 371 g/mol. The van der Waals surface area contributed by atoms with Crippen LogP contribution in [-0.4, -0.2) is 4.99 Å². The summed E-state index contributed by atoms with van der Waals surface area (Å²) in [6.45, 7) is 0. The minimum atomic E-state index is -0.453. The van der Waals surface area contributed by atoms with Crippen molar-refractivity contribution in [1.82, 2.24) is 0 Å². The first-order chi connectivity index (χ1) is 12.6. The smallest absolute Gasteiger partial charge is 0.238 e. The Kier molecular flexibility index (Phi) is 5.61. The zero-order chi connectivity index (χ0) is 18.5. The number of para-hydroxylation sites is 1. The fraction of sp³-hybridized carbons (Fsp3) is 0.